The first-order valence-corrected chi connectivity index (χ1v) is 12.2. The van der Waals surface area contributed by atoms with Crippen LogP contribution in [0.3, 0.4) is 0 Å². The van der Waals surface area contributed by atoms with Crippen molar-refractivity contribution in [3.63, 3.8) is 0 Å². The van der Waals surface area contributed by atoms with Gasteiger partial charge in [0, 0.05) is 25.6 Å². The van der Waals surface area contributed by atoms with Crippen molar-refractivity contribution in [3.8, 4) is 28.6 Å². The molecule has 0 bridgehead atoms. The fourth-order valence-electron chi connectivity index (χ4n) is 3.65. The van der Waals surface area contributed by atoms with Crippen molar-refractivity contribution in [3.05, 3.63) is 71.3 Å². The third kappa shape index (κ3) is 7.72. The predicted octanol–water partition coefficient (Wildman–Crippen LogP) is 5.18. The number of aliphatic carboxylic acids is 1. The largest absolute Gasteiger partial charge is 0.479 e. The Balaban J connectivity index is 1.99. The van der Waals surface area contributed by atoms with E-state index in [1.165, 1.54) is 0 Å². The molecule has 4 N–H and O–H groups in total. The summed E-state index contributed by atoms with van der Waals surface area (Å²) in [6.07, 6.45) is -0.966. The zero-order valence-corrected chi connectivity index (χ0v) is 21.5. The number of hydrogen-bond donors (Lipinski definition) is 3. The Hall–Kier alpha value is -4.05. The van der Waals surface area contributed by atoms with Crippen LogP contribution in [-0.2, 0) is 22.7 Å². The number of aromatic nitrogens is 1. The number of carbonyl (C=O) groups is 2. The SMILES string of the molecule is CCC(=O)NCc1cc(Oc2nc(OC(CC(C)C)C(=O)O)c(F)cc2F)cc(-c2cccc(CN)c2)c1. The molecule has 8 nitrogen and oxygen atoms in total. The molecule has 0 radical (unpaired) electrons. The summed E-state index contributed by atoms with van der Waals surface area (Å²) in [6.45, 7) is 5.84. The van der Waals surface area contributed by atoms with E-state index in [2.05, 4.69) is 10.3 Å². The van der Waals surface area contributed by atoms with Crippen molar-refractivity contribution >= 4 is 11.9 Å². The maximum atomic E-state index is 14.7. The van der Waals surface area contributed by atoms with Gasteiger partial charge >= 0.3 is 5.97 Å². The molecule has 0 aliphatic heterocycles. The Morgan fingerprint density at radius 1 is 1.03 bits per heavy atom. The number of benzene rings is 2. The fourth-order valence-corrected chi connectivity index (χ4v) is 3.65. The van der Waals surface area contributed by atoms with Crippen molar-refractivity contribution in [2.45, 2.75) is 52.8 Å². The molecule has 3 rings (SSSR count). The van der Waals surface area contributed by atoms with Gasteiger partial charge in [0.25, 0.3) is 11.8 Å². The van der Waals surface area contributed by atoms with E-state index >= 15 is 0 Å². The van der Waals surface area contributed by atoms with E-state index < -0.39 is 35.5 Å². The average Bonchev–Trinajstić information content (AvgIpc) is 2.89. The third-order valence-electron chi connectivity index (χ3n) is 5.57. The molecule has 1 heterocycles. The molecule has 1 atom stereocenters. The zero-order chi connectivity index (χ0) is 27.8. The normalized spacial score (nSPS) is 11.8. The molecule has 0 aliphatic carbocycles. The van der Waals surface area contributed by atoms with Crippen LogP contribution in [-0.4, -0.2) is 28.1 Å². The van der Waals surface area contributed by atoms with Gasteiger partial charge in [0.05, 0.1) is 0 Å². The van der Waals surface area contributed by atoms with E-state index in [1.54, 1.807) is 32.9 Å². The lowest BCUT2D eigenvalue weighted by molar-refractivity contribution is -0.146. The number of nitrogens with zero attached hydrogens (tertiary/aromatic N) is 1. The molecule has 202 valence electrons. The summed E-state index contributed by atoms with van der Waals surface area (Å²) < 4.78 is 40.1. The lowest BCUT2D eigenvalue weighted by Crippen LogP contribution is -2.29. The van der Waals surface area contributed by atoms with Crippen LogP contribution < -0.4 is 20.5 Å². The van der Waals surface area contributed by atoms with Crippen LogP contribution in [0.1, 0.15) is 44.7 Å². The summed E-state index contributed by atoms with van der Waals surface area (Å²) in [7, 11) is 0. The molecule has 0 saturated carbocycles. The van der Waals surface area contributed by atoms with E-state index in [-0.39, 0.29) is 30.5 Å². The summed E-state index contributed by atoms with van der Waals surface area (Å²) in [5.41, 5.74) is 8.87. The molecule has 0 saturated heterocycles. The molecular formula is C28H31F2N3O5. The van der Waals surface area contributed by atoms with Gasteiger partial charge in [0.15, 0.2) is 17.7 Å². The van der Waals surface area contributed by atoms with Gasteiger partial charge in [-0.1, -0.05) is 39.0 Å². The first-order valence-electron chi connectivity index (χ1n) is 12.2. The lowest BCUT2D eigenvalue weighted by atomic mass is 10.0. The number of nitrogens with two attached hydrogens (primary N) is 1. The molecular weight excluding hydrogens is 496 g/mol. The highest BCUT2D eigenvalue weighted by Gasteiger charge is 2.25. The molecule has 10 heteroatoms. The first-order chi connectivity index (χ1) is 18.1. The van der Waals surface area contributed by atoms with Gasteiger partial charge in [-0.2, -0.15) is 4.98 Å². The molecule has 1 unspecified atom stereocenters. The summed E-state index contributed by atoms with van der Waals surface area (Å²) in [5, 5.41) is 12.2. The van der Waals surface area contributed by atoms with E-state index in [0.717, 1.165) is 11.1 Å². The average molecular weight is 528 g/mol. The minimum Gasteiger partial charge on any atom is -0.479 e. The van der Waals surface area contributed by atoms with Crippen LogP contribution >= 0.6 is 0 Å². The summed E-state index contributed by atoms with van der Waals surface area (Å²) in [5.74, 6) is -4.85. The second-order valence-corrected chi connectivity index (χ2v) is 9.14. The number of nitrogens with one attached hydrogen (secondary N) is 1. The van der Waals surface area contributed by atoms with Crippen LogP contribution in [0.15, 0.2) is 48.5 Å². The Kier molecular flexibility index (Phi) is 9.72. The highest BCUT2D eigenvalue weighted by atomic mass is 19.1. The number of rotatable bonds is 12. The Morgan fingerprint density at radius 3 is 2.39 bits per heavy atom. The van der Waals surface area contributed by atoms with Gasteiger partial charge in [-0.3, -0.25) is 4.79 Å². The minimum atomic E-state index is -1.37. The lowest BCUT2D eigenvalue weighted by Gasteiger charge is -2.17. The molecule has 1 aromatic heterocycles. The summed E-state index contributed by atoms with van der Waals surface area (Å²) >= 11 is 0. The number of halogens is 2. The number of carboxylic acids is 1. The van der Waals surface area contributed by atoms with Crippen molar-refractivity contribution in [2.75, 3.05) is 0 Å². The second-order valence-electron chi connectivity index (χ2n) is 9.14. The van der Waals surface area contributed by atoms with Gasteiger partial charge in [0.1, 0.15) is 5.75 Å². The standard InChI is InChI=1S/C28H31F2N3O5/c1-4-25(34)32-15-18-10-20(19-7-5-6-17(9-19)14-31)12-21(11-18)37-26-22(29)13-23(30)27(33-26)38-24(28(35)36)8-16(2)3/h5-7,9-13,16,24H,4,8,14-15,31H2,1-3H3,(H,32,34)(H,35,36). The highest BCUT2D eigenvalue weighted by molar-refractivity contribution is 5.75. The maximum Gasteiger partial charge on any atom is 0.344 e. The molecule has 1 amide bonds. The van der Waals surface area contributed by atoms with Gasteiger partial charge in [-0.25, -0.2) is 13.6 Å². The molecule has 0 aliphatic rings. The van der Waals surface area contributed by atoms with E-state index in [0.29, 0.717) is 30.2 Å². The van der Waals surface area contributed by atoms with Crippen molar-refractivity contribution in [2.24, 2.45) is 11.7 Å². The molecule has 3 aromatic rings. The number of carboxylic acid groups (broad SMARTS) is 1. The quantitative estimate of drug-likeness (QED) is 0.296. The molecule has 0 spiro atoms. The fraction of sp³-hybridized carbons (Fsp3) is 0.321. The second kappa shape index (κ2) is 13.0. The summed E-state index contributed by atoms with van der Waals surface area (Å²) in [4.78, 5) is 27.2. The number of ether oxygens (including phenoxy) is 2. The predicted molar refractivity (Wildman–Crippen MR) is 138 cm³/mol. The molecule has 2 aromatic carbocycles. The van der Waals surface area contributed by atoms with E-state index in [1.807, 2.05) is 30.3 Å². The van der Waals surface area contributed by atoms with Gasteiger partial charge < -0.3 is 25.6 Å². The van der Waals surface area contributed by atoms with Crippen molar-refractivity contribution in [1.29, 1.82) is 0 Å². The summed E-state index contributed by atoms with van der Waals surface area (Å²) in [6, 6.07) is 13.1. The Labute approximate surface area is 219 Å². The van der Waals surface area contributed by atoms with Crippen LogP contribution in [0, 0.1) is 17.6 Å². The van der Waals surface area contributed by atoms with Gasteiger partial charge in [0.2, 0.25) is 5.91 Å². The van der Waals surface area contributed by atoms with E-state index in [4.69, 9.17) is 15.2 Å². The highest BCUT2D eigenvalue weighted by Crippen LogP contribution is 2.32. The van der Waals surface area contributed by atoms with Gasteiger partial charge in [-0.15, -0.1) is 0 Å². The first kappa shape index (κ1) is 28.5. The smallest absolute Gasteiger partial charge is 0.344 e. The third-order valence-corrected chi connectivity index (χ3v) is 5.57. The molecule has 0 fully saturated rings. The van der Waals surface area contributed by atoms with Crippen molar-refractivity contribution in [1.82, 2.24) is 10.3 Å². The van der Waals surface area contributed by atoms with Crippen LogP contribution in [0.4, 0.5) is 8.78 Å². The van der Waals surface area contributed by atoms with Crippen LogP contribution in [0.2, 0.25) is 0 Å². The van der Waals surface area contributed by atoms with Crippen molar-refractivity contribution < 1.29 is 33.0 Å². The Bertz CT molecular complexity index is 1300. The van der Waals surface area contributed by atoms with Crippen LogP contribution in [0.5, 0.6) is 17.5 Å². The molecule has 38 heavy (non-hydrogen) atoms. The number of amides is 1. The minimum absolute atomic E-state index is 0.0533. The van der Waals surface area contributed by atoms with Crippen LogP contribution in [0.25, 0.3) is 11.1 Å². The van der Waals surface area contributed by atoms with E-state index in [9.17, 15) is 23.5 Å². The monoisotopic (exact) mass is 527 g/mol. The maximum absolute atomic E-state index is 14.7. The topological polar surface area (TPSA) is 124 Å². The van der Waals surface area contributed by atoms with Gasteiger partial charge in [-0.05, 0) is 58.9 Å². The number of carbonyl (C=O) groups excluding carboxylic acids is 1. The Morgan fingerprint density at radius 2 is 1.74 bits per heavy atom. The number of hydrogen-bond acceptors (Lipinski definition) is 6. The zero-order valence-electron chi connectivity index (χ0n) is 21.5. The number of pyridine rings is 1.